The lowest BCUT2D eigenvalue weighted by Gasteiger charge is -2.21. The molecule has 0 saturated carbocycles. The van der Waals surface area contributed by atoms with Crippen molar-refractivity contribution in [1.82, 2.24) is 5.32 Å². The highest BCUT2D eigenvalue weighted by molar-refractivity contribution is 7.10. The van der Waals surface area contributed by atoms with E-state index in [9.17, 15) is 18.0 Å². The van der Waals surface area contributed by atoms with Gasteiger partial charge in [0.05, 0.1) is 11.1 Å². The molecule has 0 spiro atoms. The molecule has 8 heteroatoms. The quantitative estimate of drug-likeness (QED) is 0.801. The topological polar surface area (TPSA) is 41.1 Å². The molecule has 0 bridgehead atoms. The Kier molecular flexibility index (Phi) is 5.57. The van der Waals surface area contributed by atoms with Crippen LogP contribution in [0.5, 0.6) is 0 Å². The Balaban J connectivity index is 0.00000208. The Morgan fingerprint density at radius 2 is 2.12 bits per heavy atom. The number of fused-ring (bicyclic) bond motifs is 1. The van der Waals surface area contributed by atoms with Crippen molar-refractivity contribution in [2.75, 3.05) is 11.9 Å². The van der Waals surface area contributed by atoms with Crippen molar-refractivity contribution in [3.8, 4) is 0 Å². The number of nitrogens with one attached hydrogen (secondary N) is 2. The average molecular weight is 377 g/mol. The molecule has 1 atom stereocenters. The summed E-state index contributed by atoms with van der Waals surface area (Å²) in [4.78, 5) is 13.5. The number of benzene rings is 1. The van der Waals surface area contributed by atoms with Gasteiger partial charge in [-0.3, -0.25) is 4.79 Å². The average Bonchev–Trinajstić information content (AvgIpc) is 2.92. The van der Waals surface area contributed by atoms with Gasteiger partial charge in [0.1, 0.15) is 0 Å². The molecule has 1 amide bonds. The largest absolute Gasteiger partial charge is 0.416 e. The maximum atomic E-state index is 12.7. The van der Waals surface area contributed by atoms with Crippen LogP contribution < -0.4 is 10.6 Å². The van der Waals surface area contributed by atoms with Crippen LogP contribution >= 0.6 is 23.7 Å². The van der Waals surface area contributed by atoms with Gasteiger partial charge in [0.25, 0.3) is 5.91 Å². The second-order valence-corrected chi connectivity index (χ2v) is 6.36. The van der Waals surface area contributed by atoms with Gasteiger partial charge in [-0.1, -0.05) is 6.07 Å². The zero-order valence-electron chi connectivity index (χ0n) is 12.7. The van der Waals surface area contributed by atoms with Crippen LogP contribution in [0.1, 0.15) is 39.3 Å². The third kappa shape index (κ3) is 3.74. The van der Waals surface area contributed by atoms with E-state index >= 15 is 0 Å². The molecule has 0 saturated heterocycles. The number of carbonyl (C=O) groups is 1. The zero-order valence-corrected chi connectivity index (χ0v) is 14.4. The number of rotatable bonds is 2. The van der Waals surface area contributed by atoms with Crippen LogP contribution in [0, 0.1) is 0 Å². The summed E-state index contributed by atoms with van der Waals surface area (Å²) >= 11 is 1.50. The highest BCUT2D eigenvalue weighted by Gasteiger charge is 2.30. The SMILES string of the molecule is CC1NCCc2c(C(=O)Nc3cccc(C(F)(F)F)c3)csc21.Cl. The van der Waals surface area contributed by atoms with Gasteiger partial charge < -0.3 is 10.6 Å². The molecule has 0 fully saturated rings. The van der Waals surface area contributed by atoms with Crippen molar-refractivity contribution in [3.05, 3.63) is 51.2 Å². The van der Waals surface area contributed by atoms with E-state index in [0.717, 1.165) is 35.5 Å². The molecule has 1 unspecified atom stereocenters. The minimum Gasteiger partial charge on any atom is -0.322 e. The number of amides is 1. The summed E-state index contributed by atoms with van der Waals surface area (Å²) in [7, 11) is 0. The molecule has 2 heterocycles. The predicted molar refractivity (Wildman–Crippen MR) is 91.1 cm³/mol. The molecule has 3 rings (SSSR count). The van der Waals surface area contributed by atoms with Crippen molar-refractivity contribution in [2.24, 2.45) is 0 Å². The van der Waals surface area contributed by atoms with Gasteiger partial charge in [-0.2, -0.15) is 13.2 Å². The summed E-state index contributed by atoms with van der Waals surface area (Å²) in [5, 5.41) is 7.66. The molecule has 3 nitrogen and oxygen atoms in total. The van der Waals surface area contributed by atoms with E-state index in [2.05, 4.69) is 10.6 Å². The fraction of sp³-hybridized carbons (Fsp3) is 0.312. The summed E-state index contributed by atoms with van der Waals surface area (Å²) < 4.78 is 38.2. The van der Waals surface area contributed by atoms with Gasteiger partial charge >= 0.3 is 6.18 Å². The number of alkyl halides is 3. The van der Waals surface area contributed by atoms with Gasteiger partial charge in [0, 0.05) is 22.0 Å². The second-order valence-electron chi connectivity index (χ2n) is 5.45. The summed E-state index contributed by atoms with van der Waals surface area (Å²) in [6.45, 7) is 2.82. The highest BCUT2D eigenvalue weighted by atomic mass is 35.5. The van der Waals surface area contributed by atoms with Crippen LogP contribution in [-0.4, -0.2) is 12.5 Å². The monoisotopic (exact) mass is 376 g/mol. The van der Waals surface area contributed by atoms with Crippen molar-refractivity contribution < 1.29 is 18.0 Å². The first kappa shape index (κ1) is 18.8. The molecule has 1 aromatic carbocycles. The summed E-state index contributed by atoms with van der Waals surface area (Å²) in [6.07, 6.45) is -3.68. The van der Waals surface area contributed by atoms with Crippen LogP contribution in [0.2, 0.25) is 0 Å². The maximum Gasteiger partial charge on any atom is 0.416 e. The van der Waals surface area contributed by atoms with Gasteiger partial charge in [0.2, 0.25) is 0 Å². The Morgan fingerprint density at radius 3 is 2.83 bits per heavy atom. The molecular formula is C16H16ClF3N2OS. The zero-order chi connectivity index (χ0) is 16.6. The third-order valence-corrected chi connectivity index (χ3v) is 5.04. The number of carbonyl (C=O) groups excluding carboxylic acids is 1. The molecule has 0 radical (unpaired) electrons. The van der Waals surface area contributed by atoms with E-state index in [1.54, 1.807) is 5.38 Å². The summed E-state index contributed by atoms with van der Waals surface area (Å²) in [5.41, 5.74) is 0.911. The minimum absolute atomic E-state index is 0. The van der Waals surface area contributed by atoms with Crippen LogP contribution in [0.15, 0.2) is 29.6 Å². The Morgan fingerprint density at radius 1 is 1.38 bits per heavy atom. The number of anilines is 1. The molecule has 1 aliphatic heterocycles. The molecule has 0 aliphatic carbocycles. The van der Waals surface area contributed by atoms with E-state index in [0.29, 0.717) is 5.56 Å². The number of thiophene rings is 1. The number of hydrogen-bond acceptors (Lipinski definition) is 3. The fourth-order valence-electron chi connectivity index (χ4n) is 2.69. The molecule has 2 aromatic rings. The molecule has 1 aromatic heterocycles. The molecular weight excluding hydrogens is 361 g/mol. The Bertz CT molecular complexity index is 745. The minimum atomic E-state index is -4.43. The lowest BCUT2D eigenvalue weighted by molar-refractivity contribution is -0.137. The lowest BCUT2D eigenvalue weighted by atomic mass is 10.00. The molecule has 2 N–H and O–H groups in total. The maximum absolute atomic E-state index is 12.7. The van der Waals surface area contributed by atoms with Crippen molar-refractivity contribution in [2.45, 2.75) is 25.6 Å². The smallest absolute Gasteiger partial charge is 0.322 e. The molecule has 130 valence electrons. The van der Waals surface area contributed by atoms with Gasteiger partial charge in [-0.05, 0) is 43.7 Å². The van der Waals surface area contributed by atoms with E-state index in [1.807, 2.05) is 6.92 Å². The third-order valence-electron chi connectivity index (χ3n) is 3.84. The normalized spacial score (nSPS) is 16.9. The van der Waals surface area contributed by atoms with E-state index in [-0.39, 0.29) is 30.0 Å². The first-order valence-electron chi connectivity index (χ1n) is 7.18. The second kappa shape index (κ2) is 7.13. The van der Waals surface area contributed by atoms with Crippen molar-refractivity contribution in [3.63, 3.8) is 0 Å². The highest BCUT2D eigenvalue weighted by Crippen LogP contribution is 2.33. The Labute approximate surface area is 147 Å². The van der Waals surface area contributed by atoms with Gasteiger partial charge in [-0.15, -0.1) is 23.7 Å². The fourth-order valence-corrected chi connectivity index (χ4v) is 3.82. The molecule has 24 heavy (non-hydrogen) atoms. The van der Waals surface area contributed by atoms with Gasteiger partial charge in [0.15, 0.2) is 0 Å². The van der Waals surface area contributed by atoms with Crippen LogP contribution in [0.25, 0.3) is 0 Å². The van der Waals surface area contributed by atoms with E-state index in [4.69, 9.17) is 0 Å². The lowest BCUT2D eigenvalue weighted by Crippen LogP contribution is -2.27. The van der Waals surface area contributed by atoms with Crippen molar-refractivity contribution >= 4 is 35.3 Å². The van der Waals surface area contributed by atoms with Crippen LogP contribution in [0.4, 0.5) is 18.9 Å². The molecule has 1 aliphatic rings. The Hall–Kier alpha value is -1.57. The first-order chi connectivity index (χ1) is 10.9. The first-order valence-corrected chi connectivity index (χ1v) is 8.06. The van der Waals surface area contributed by atoms with Crippen molar-refractivity contribution in [1.29, 1.82) is 0 Å². The summed E-state index contributed by atoms with van der Waals surface area (Å²) in [6, 6.07) is 4.86. The van der Waals surface area contributed by atoms with Gasteiger partial charge in [-0.25, -0.2) is 0 Å². The standard InChI is InChI=1S/C16H15F3N2OS.ClH/c1-9-14-12(5-6-20-9)13(8-23-14)15(22)21-11-4-2-3-10(7-11)16(17,18)19;/h2-4,7-9,20H,5-6H2,1H3,(H,21,22);1H. The van der Waals surface area contributed by atoms with E-state index < -0.39 is 11.7 Å². The predicted octanol–water partition coefficient (Wildman–Crippen LogP) is 4.65. The number of hydrogen-bond donors (Lipinski definition) is 2. The van der Waals surface area contributed by atoms with Crippen LogP contribution in [-0.2, 0) is 12.6 Å². The number of halogens is 4. The summed E-state index contributed by atoms with van der Waals surface area (Å²) in [5.74, 6) is -0.365. The van der Waals surface area contributed by atoms with E-state index in [1.165, 1.54) is 23.5 Å². The van der Waals surface area contributed by atoms with Crippen LogP contribution in [0.3, 0.4) is 0 Å².